The normalized spacial score (nSPS) is 13.9. The maximum atomic E-state index is 12.4. The molecular formula is C14H13BrClF3O2. The zero-order valence-corrected chi connectivity index (χ0v) is 13.4. The summed E-state index contributed by atoms with van der Waals surface area (Å²) in [5.41, 5.74) is 1.23. The summed E-state index contributed by atoms with van der Waals surface area (Å²) >= 11 is 8.33. The molecule has 0 aliphatic rings. The molecule has 0 radical (unpaired) electrons. The molecule has 1 rings (SSSR count). The van der Waals surface area contributed by atoms with Crippen molar-refractivity contribution in [2.75, 3.05) is 6.61 Å². The van der Waals surface area contributed by atoms with Gasteiger partial charge in [0.1, 0.15) is 5.03 Å². The summed E-state index contributed by atoms with van der Waals surface area (Å²) in [5, 5.41) is -1.19. The molecule has 0 heterocycles. The van der Waals surface area contributed by atoms with Crippen LogP contribution in [0.1, 0.15) is 22.9 Å². The van der Waals surface area contributed by atoms with E-state index in [-0.39, 0.29) is 19.0 Å². The molecule has 0 bridgehead atoms. The average molecular weight is 386 g/mol. The lowest BCUT2D eigenvalue weighted by atomic mass is 10.1. The van der Waals surface area contributed by atoms with E-state index in [2.05, 4.69) is 15.9 Å². The van der Waals surface area contributed by atoms with Crippen molar-refractivity contribution in [3.8, 4) is 0 Å². The van der Waals surface area contributed by atoms with Crippen LogP contribution in [0.25, 0.3) is 0 Å². The van der Waals surface area contributed by atoms with Gasteiger partial charge in [0, 0.05) is 0 Å². The second-order valence-electron chi connectivity index (χ2n) is 4.14. The Morgan fingerprint density at radius 1 is 1.48 bits per heavy atom. The molecule has 0 spiro atoms. The van der Waals surface area contributed by atoms with Crippen LogP contribution in [-0.2, 0) is 16.0 Å². The third-order valence-electron chi connectivity index (χ3n) is 2.49. The van der Waals surface area contributed by atoms with Gasteiger partial charge in [0.2, 0.25) is 0 Å². The molecule has 0 amide bonds. The van der Waals surface area contributed by atoms with Crippen molar-refractivity contribution in [2.45, 2.75) is 24.3 Å². The second-order valence-corrected chi connectivity index (χ2v) is 5.53. The zero-order chi connectivity index (χ0) is 16.0. The average Bonchev–Trinajstić information content (AvgIpc) is 2.38. The lowest BCUT2D eigenvalue weighted by molar-refractivity contribution is -0.142. The smallest absolute Gasteiger partial charge is 0.426 e. The molecule has 1 atom stereocenters. The van der Waals surface area contributed by atoms with E-state index in [4.69, 9.17) is 16.3 Å². The number of ether oxygens (including phenoxy) is 1. The van der Waals surface area contributed by atoms with Gasteiger partial charge < -0.3 is 4.74 Å². The molecule has 0 aliphatic heterocycles. The van der Waals surface area contributed by atoms with Crippen LogP contribution in [0.5, 0.6) is 0 Å². The van der Waals surface area contributed by atoms with Gasteiger partial charge in [-0.2, -0.15) is 13.2 Å². The number of rotatable bonds is 5. The fraction of sp³-hybridized carbons (Fsp3) is 0.357. The number of benzene rings is 1. The van der Waals surface area contributed by atoms with Crippen molar-refractivity contribution < 1.29 is 22.7 Å². The SMILES string of the molecule is CCOC(=O)Cc1cccc(C(Br)/C=C(\Cl)C(F)(F)F)c1. The first kappa shape index (κ1) is 18.0. The van der Waals surface area contributed by atoms with Gasteiger partial charge in [-0.3, -0.25) is 4.79 Å². The Labute approximate surface area is 134 Å². The first-order valence-electron chi connectivity index (χ1n) is 6.07. The number of alkyl halides is 4. The van der Waals surface area contributed by atoms with Crippen LogP contribution < -0.4 is 0 Å². The molecule has 2 nitrogen and oxygen atoms in total. The van der Waals surface area contributed by atoms with E-state index in [1.807, 2.05) is 0 Å². The number of hydrogen-bond donors (Lipinski definition) is 0. The quantitative estimate of drug-likeness (QED) is 0.531. The maximum Gasteiger partial charge on any atom is 0.426 e. The Morgan fingerprint density at radius 2 is 2.14 bits per heavy atom. The third-order valence-corrected chi connectivity index (χ3v) is 3.62. The maximum absolute atomic E-state index is 12.4. The van der Waals surface area contributed by atoms with Crippen LogP contribution in [0.4, 0.5) is 13.2 Å². The lowest BCUT2D eigenvalue weighted by Gasteiger charge is -2.10. The minimum atomic E-state index is -4.57. The van der Waals surface area contributed by atoms with E-state index in [0.29, 0.717) is 11.1 Å². The molecule has 7 heteroatoms. The van der Waals surface area contributed by atoms with Crippen molar-refractivity contribution in [2.24, 2.45) is 0 Å². The number of carbonyl (C=O) groups excluding carboxylic acids is 1. The first-order chi connectivity index (χ1) is 9.74. The van der Waals surface area contributed by atoms with E-state index in [9.17, 15) is 18.0 Å². The van der Waals surface area contributed by atoms with E-state index >= 15 is 0 Å². The molecule has 0 aromatic heterocycles. The largest absolute Gasteiger partial charge is 0.466 e. The van der Waals surface area contributed by atoms with E-state index in [0.717, 1.165) is 6.08 Å². The van der Waals surface area contributed by atoms with Crippen molar-refractivity contribution in [3.05, 3.63) is 46.5 Å². The van der Waals surface area contributed by atoms with Crippen molar-refractivity contribution in [3.63, 3.8) is 0 Å². The Balaban J connectivity index is 2.87. The summed E-state index contributed by atoms with van der Waals surface area (Å²) in [6, 6.07) is 6.64. The van der Waals surface area contributed by atoms with Gasteiger partial charge in [-0.1, -0.05) is 51.8 Å². The fourth-order valence-corrected chi connectivity index (χ4v) is 2.40. The van der Waals surface area contributed by atoms with Crippen LogP contribution in [0, 0.1) is 0 Å². The summed E-state index contributed by atoms with van der Waals surface area (Å²) in [7, 11) is 0. The van der Waals surface area contributed by atoms with Gasteiger partial charge in [0.05, 0.1) is 17.9 Å². The monoisotopic (exact) mass is 384 g/mol. The minimum absolute atomic E-state index is 0.0676. The Morgan fingerprint density at radius 3 is 2.71 bits per heavy atom. The summed E-state index contributed by atoms with van der Waals surface area (Å²) in [5.74, 6) is -0.385. The molecule has 0 saturated heterocycles. The highest BCUT2D eigenvalue weighted by molar-refractivity contribution is 9.09. The van der Waals surface area contributed by atoms with Gasteiger partial charge in [0.25, 0.3) is 0 Å². The molecule has 1 aromatic carbocycles. The summed E-state index contributed by atoms with van der Waals surface area (Å²) in [6.07, 6.45) is -3.64. The molecule has 1 aromatic rings. The zero-order valence-electron chi connectivity index (χ0n) is 11.1. The highest BCUT2D eigenvalue weighted by Crippen LogP contribution is 2.34. The predicted molar refractivity (Wildman–Crippen MR) is 78.4 cm³/mol. The van der Waals surface area contributed by atoms with E-state index in [1.165, 1.54) is 0 Å². The standard InChI is InChI=1S/C14H13BrClF3O2/c1-2-21-13(20)7-9-4-3-5-10(6-9)11(15)8-12(16)14(17,18)19/h3-6,8,11H,2,7H2,1H3/b12-8-. The predicted octanol–water partition coefficient (Wildman–Crippen LogP) is 4.91. The second kappa shape index (κ2) is 7.84. The molecule has 116 valence electrons. The Bertz CT molecular complexity index is 529. The van der Waals surface area contributed by atoms with Gasteiger partial charge in [-0.15, -0.1) is 0 Å². The topological polar surface area (TPSA) is 26.3 Å². The molecule has 0 fully saturated rings. The number of carbonyl (C=O) groups is 1. The number of allylic oxidation sites excluding steroid dienone is 2. The Kier molecular flexibility index (Phi) is 6.74. The van der Waals surface area contributed by atoms with Crippen LogP contribution in [-0.4, -0.2) is 18.8 Å². The fourth-order valence-electron chi connectivity index (χ4n) is 1.57. The lowest BCUT2D eigenvalue weighted by Crippen LogP contribution is -2.08. The van der Waals surface area contributed by atoms with Gasteiger partial charge in [-0.25, -0.2) is 0 Å². The van der Waals surface area contributed by atoms with Crippen LogP contribution in [0.15, 0.2) is 35.4 Å². The van der Waals surface area contributed by atoms with Gasteiger partial charge in [-0.05, 0) is 24.1 Å². The summed E-state index contributed by atoms with van der Waals surface area (Å²) in [6.45, 7) is 1.98. The number of esters is 1. The molecule has 21 heavy (non-hydrogen) atoms. The van der Waals surface area contributed by atoms with Gasteiger partial charge in [0.15, 0.2) is 0 Å². The minimum Gasteiger partial charge on any atom is -0.466 e. The van der Waals surface area contributed by atoms with E-state index < -0.39 is 16.0 Å². The van der Waals surface area contributed by atoms with Crippen LogP contribution in [0.3, 0.4) is 0 Å². The molecule has 0 saturated carbocycles. The van der Waals surface area contributed by atoms with Crippen molar-refractivity contribution >= 4 is 33.5 Å². The number of halogens is 5. The van der Waals surface area contributed by atoms with Crippen LogP contribution in [0.2, 0.25) is 0 Å². The molecular weight excluding hydrogens is 373 g/mol. The highest BCUT2D eigenvalue weighted by Gasteiger charge is 2.32. The van der Waals surface area contributed by atoms with Crippen molar-refractivity contribution in [1.29, 1.82) is 0 Å². The molecule has 1 unspecified atom stereocenters. The summed E-state index contributed by atoms with van der Waals surface area (Å²) < 4.78 is 42.0. The van der Waals surface area contributed by atoms with Crippen LogP contribution >= 0.6 is 27.5 Å². The van der Waals surface area contributed by atoms with Gasteiger partial charge >= 0.3 is 12.1 Å². The molecule has 0 N–H and O–H groups in total. The summed E-state index contributed by atoms with van der Waals surface area (Å²) in [4.78, 5) is 10.7. The number of hydrogen-bond acceptors (Lipinski definition) is 2. The molecule has 0 aliphatic carbocycles. The van der Waals surface area contributed by atoms with Crippen molar-refractivity contribution in [1.82, 2.24) is 0 Å². The highest BCUT2D eigenvalue weighted by atomic mass is 79.9. The third kappa shape index (κ3) is 6.09. The first-order valence-corrected chi connectivity index (χ1v) is 7.36. The Hall–Kier alpha value is -1.01. The van der Waals surface area contributed by atoms with E-state index in [1.54, 1.807) is 31.2 Å².